The molecule has 0 spiro atoms. The first-order valence-electron chi connectivity index (χ1n) is 8.20. The second-order valence-corrected chi connectivity index (χ2v) is 6.25. The highest BCUT2D eigenvalue weighted by Crippen LogP contribution is 2.25. The molecule has 4 rings (SSSR count). The van der Waals surface area contributed by atoms with Crippen molar-refractivity contribution >= 4 is 11.5 Å². The smallest absolute Gasteiger partial charge is 0.203 e. The van der Waals surface area contributed by atoms with Crippen LogP contribution >= 0.6 is 0 Å². The van der Waals surface area contributed by atoms with E-state index in [1.807, 2.05) is 23.7 Å². The van der Waals surface area contributed by atoms with Gasteiger partial charge in [0.25, 0.3) is 0 Å². The molecule has 0 amide bonds. The fourth-order valence-electron chi connectivity index (χ4n) is 3.10. The molecule has 0 atom stereocenters. The van der Waals surface area contributed by atoms with Gasteiger partial charge in [-0.2, -0.15) is 0 Å². The van der Waals surface area contributed by atoms with Crippen molar-refractivity contribution in [2.45, 2.75) is 32.9 Å². The monoisotopic (exact) mass is 327 g/mol. The molecule has 0 bridgehead atoms. The number of aryl methyl sites for hydroxylation is 2. The van der Waals surface area contributed by atoms with Crippen LogP contribution in [0, 0.1) is 6.92 Å². The number of hydrogen-bond acceptors (Lipinski definition) is 7. The Hall–Kier alpha value is -2.48. The molecule has 0 radical (unpaired) electrons. The molecular weight excluding hydrogens is 306 g/mol. The zero-order valence-corrected chi connectivity index (χ0v) is 14.2. The van der Waals surface area contributed by atoms with Crippen LogP contribution in [-0.4, -0.2) is 55.6 Å². The Balaban J connectivity index is 1.45. The summed E-state index contributed by atoms with van der Waals surface area (Å²) in [6, 6.07) is 0.470. The predicted molar refractivity (Wildman–Crippen MR) is 88.9 cm³/mol. The van der Waals surface area contributed by atoms with Crippen LogP contribution in [0.2, 0.25) is 0 Å². The normalized spacial score (nSPS) is 15.4. The molecule has 0 N–H and O–H groups in total. The van der Waals surface area contributed by atoms with Crippen LogP contribution in [0.1, 0.15) is 24.3 Å². The van der Waals surface area contributed by atoms with Crippen molar-refractivity contribution in [3.63, 3.8) is 0 Å². The first-order valence-corrected chi connectivity index (χ1v) is 8.20. The summed E-state index contributed by atoms with van der Waals surface area (Å²) in [4.78, 5) is 13.4. The van der Waals surface area contributed by atoms with E-state index in [2.05, 4.69) is 43.9 Å². The molecule has 0 aliphatic carbocycles. The minimum atomic E-state index is 0.470. The van der Waals surface area contributed by atoms with Gasteiger partial charge in [0.15, 0.2) is 11.7 Å². The summed E-state index contributed by atoms with van der Waals surface area (Å²) in [6.45, 7) is 6.59. The van der Waals surface area contributed by atoms with Gasteiger partial charge in [-0.05, 0) is 7.05 Å². The van der Waals surface area contributed by atoms with Crippen molar-refractivity contribution in [2.24, 2.45) is 0 Å². The van der Waals surface area contributed by atoms with E-state index in [-0.39, 0.29) is 0 Å². The van der Waals surface area contributed by atoms with Gasteiger partial charge in [-0.25, -0.2) is 9.97 Å². The van der Waals surface area contributed by atoms with Gasteiger partial charge in [0, 0.05) is 51.4 Å². The molecular formula is C16H21N7O. The molecule has 0 unspecified atom stereocenters. The van der Waals surface area contributed by atoms with Crippen molar-refractivity contribution < 1.29 is 4.42 Å². The largest absolute Gasteiger partial charge is 0.449 e. The molecule has 3 aromatic heterocycles. The van der Waals surface area contributed by atoms with Gasteiger partial charge >= 0.3 is 0 Å². The van der Waals surface area contributed by atoms with E-state index in [9.17, 15) is 0 Å². The van der Waals surface area contributed by atoms with Gasteiger partial charge in [0.1, 0.15) is 12.1 Å². The molecule has 8 heteroatoms. The highest BCUT2D eigenvalue weighted by Gasteiger charge is 2.32. The number of likely N-dealkylation sites (N-methyl/N-ethyl adjacent to an activating group) is 1. The summed E-state index contributed by atoms with van der Waals surface area (Å²) in [5.41, 5.74) is 1.81. The first kappa shape index (κ1) is 15.1. The zero-order valence-electron chi connectivity index (χ0n) is 14.2. The Labute approximate surface area is 140 Å². The van der Waals surface area contributed by atoms with Gasteiger partial charge in [-0.1, -0.05) is 6.92 Å². The van der Waals surface area contributed by atoms with Crippen LogP contribution in [0.3, 0.4) is 0 Å². The molecule has 1 aliphatic heterocycles. The van der Waals surface area contributed by atoms with Crippen molar-refractivity contribution in [2.75, 3.05) is 25.0 Å². The Morgan fingerprint density at radius 3 is 2.88 bits per heavy atom. The van der Waals surface area contributed by atoms with E-state index in [0.717, 1.165) is 49.0 Å². The predicted octanol–water partition coefficient (Wildman–Crippen LogP) is 1.30. The van der Waals surface area contributed by atoms with Crippen LogP contribution < -0.4 is 4.90 Å². The quantitative estimate of drug-likeness (QED) is 0.699. The summed E-state index contributed by atoms with van der Waals surface area (Å²) >= 11 is 0. The van der Waals surface area contributed by atoms with E-state index in [1.54, 1.807) is 6.26 Å². The fraction of sp³-hybridized carbons (Fsp3) is 0.500. The van der Waals surface area contributed by atoms with Crippen molar-refractivity contribution in [3.05, 3.63) is 36.1 Å². The topological polar surface area (TPSA) is 75.6 Å². The van der Waals surface area contributed by atoms with Crippen molar-refractivity contribution in [1.29, 1.82) is 0 Å². The van der Waals surface area contributed by atoms with Crippen molar-refractivity contribution in [3.8, 4) is 0 Å². The summed E-state index contributed by atoms with van der Waals surface area (Å²) in [5, 5.41) is 8.55. The fourth-order valence-corrected chi connectivity index (χ4v) is 3.10. The highest BCUT2D eigenvalue weighted by atomic mass is 16.3. The van der Waals surface area contributed by atoms with Crippen LogP contribution in [0.25, 0.3) is 5.65 Å². The summed E-state index contributed by atoms with van der Waals surface area (Å²) in [5.74, 6) is 2.58. The Morgan fingerprint density at radius 1 is 1.33 bits per heavy atom. The summed E-state index contributed by atoms with van der Waals surface area (Å²) in [7, 11) is 2.12. The van der Waals surface area contributed by atoms with Crippen LogP contribution in [0.4, 0.5) is 5.82 Å². The highest BCUT2D eigenvalue weighted by molar-refractivity contribution is 5.65. The Bertz CT molecular complexity index is 849. The van der Waals surface area contributed by atoms with Crippen molar-refractivity contribution in [1.82, 2.24) is 29.5 Å². The van der Waals surface area contributed by atoms with Gasteiger partial charge < -0.3 is 9.32 Å². The standard InChI is InChI=1S/C16H21N7O/c1-4-14-19-20-16-15(17-5-6-23(14)16)22-8-13(9-22)21(3)7-12-10-24-11(2)18-12/h5-6,10,13H,4,7-9H2,1-3H3. The lowest BCUT2D eigenvalue weighted by molar-refractivity contribution is 0.195. The minimum Gasteiger partial charge on any atom is -0.449 e. The number of rotatable bonds is 5. The molecule has 1 aliphatic rings. The number of aromatic nitrogens is 5. The minimum absolute atomic E-state index is 0.470. The lowest BCUT2D eigenvalue weighted by Crippen LogP contribution is -2.58. The maximum absolute atomic E-state index is 5.27. The van der Waals surface area contributed by atoms with E-state index >= 15 is 0 Å². The van der Waals surface area contributed by atoms with Crippen LogP contribution in [-0.2, 0) is 13.0 Å². The van der Waals surface area contributed by atoms with E-state index in [4.69, 9.17) is 4.42 Å². The lowest BCUT2D eigenvalue weighted by Gasteiger charge is -2.44. The van der Waals surface area contributed by atoms with Crippen LogP contribution in [0.15, 0.2) is 23.1 Å². The van der Waals surface area contributed by atoms with E-state index in [0.29, 0.717) is 11.9 Å². The average Bonchev–Trinajstić information content (AvgIpc) is 3.12. The average molecular weight is 327 g/mol. The number of anilines is 1. The first-order chi connectivity index (χ1) is 11.7. The number of fused-ring (bicyclic) bond motifs is 1. The third kappa shape index (κ3) is 2.52. The summed E-state index contributed by atoms with van der Waals surface area (Å²) < 4.78 is 7.30. The molecule has 4 heterocycles. The molecule has 3 aromatic rings. The third-order valence-corrected chi connectivity index (χ3v) is 4.56. The SMILES string of the molecule is CCc1nnc2c(N3CC(N(C)Cc4coc(C)n4)C3)nccn12. The Kier molecular flexibility index (Phi) is 3.68. The molecule has 8 nitrogen and oxygen atoms in total. The summed E-state index contributed by atoms with van der Waals surface area (Å²) in [6.07, 6.45) is 6.33. The lowest BCUT2D eigenvalue weighted by atomic mass is 10.1. The number of hydrogen-bond donors (Lipinski definition) is 0. The van der Waals surface area contributed by atoms with Gasteiger partial charge in [0.2, 0.25) is 5.65 Å². The zero-order chi connectivity index (χ0) is 16.7. The van der Waals surface area contributed by atoms with E-state index < -0.39 is 0 Å². The number of nitrogens with zero attached hydrogens (tertiary/aromatic N) is 7. The second kappa shape index (κ2) is 5.86. The molecule has 1 saturated heterocycles. The van der Waals surface area contributed by atoms with Crippen LogP contribution in [0.5, 0.6) is 0 Å². The molecule has 24 heavy (non-hydrogen) atoms. The third-order valence-electron chi connectivity index (χ3n) is 4.56. The molecule has 0 saturated carbocycles. The molecule has 1 fully saturated rings. The number of oxazole rings is 1. The van der Waals surface area contributed by atoms with Gasteiger partial charge in [0.05, 0.1) is 5.69 Å². The van der Waals surface area contributed by atoms with Gasteiger partial charge in [-0.3, -0.25) is 9.30 Å². The Morgan fingerprint density at radius 2 is 2.17 bits per heavy atom. The van der Waals surface area contributed by atoms with Gasteiger partial charge in [-0.15, -0.1) is 10.2 Å². The maximum atomic E-state index is 5.27. The maximum Gasteiger partial charge on any atom is 0.203 e. The molecule has 126 valence electrons. The molecule has 0 aromatic carbocycles. The second-order valence-electron chi connectivity index (χ2n) is 6.25. The van der Waals surface area contributed by atoms with E-state index in [1.165, 1.54) is 0 Å².